The van der Waals surface area contributed by atoms with Crippen molar-refractivity contribution in [1.82, 2.24) is 0 Å². The molecule has 0 fully saturated rings. The van der Waals surface area contributed by atoms with Crippen molar-refractivity contribution in [2.75, 3.05) is 13.2 Å². The van der Waals surface area contributed by atoms with E-state index in [4.69, 9.17) is 14.2 Å². The summed E-state index contributed by atoms with van der Waals surface area (Å²) in [6.45, 7) is 6.44. The molecule has 0 rings (SSSR count). The highest BCUT2D eigenvalue weighted by atomic mass is 16.6. The topological polar surface area (TPSA) is 78.9 Å². The number of ether oxygens (including phenoxy) is 3. The molecule has 1 unspecified atom stereocenters. The molecule has 1 atom stereocenters. The van der Waals surface area contributed by atoms with Crippen molar-refractivity contribution in [1.29, 1.82) is 0 Å². The monoisotopic (exact) mass is 893 g/mol. The Morgan fingerprint density at radius 3 is 1.06 bits per heavy atom. The van der Waals surface area contributed by atoms with Crippen molar-refractivity contribution in [3.05, 3.63) is 72.9 Å². The number of allylic oxidation sites excluding steroid dienone is 12. The number of carbonyl (C=O) groups is 3. The Balaban J connectivity index is 4.39. The molecule has 0 N–H and O–H groups in total. The largest absolute Gasteiger partial charge is 0.462 e. The van der Waals surface area contributed by atoms with Gasteiger partial charge in [0.25, 0.3) is 0 Å². The predicted octanol–water partition coefficient (Wildman–Crippen LogP) is 17.8. The number of hydrogen-bond donors (Lipinski definition) is 0. The first-order valence-corrected chi connectivity index (χ1v) is 26.9. The van der Waals surface area contributed by atoms with E-state index in [1.165, 1.54) is 116 Å². The van der Waals surface area contributed by atoms with Gasteiger partial charge >= 0.3 is 17.9 Å². The molecule has 0 saturated carbocycles. The maximum atomic E-state index is 12.8. The summed E-state index contributed by atoms with van der Waals surface area (Å²) in [7, 11) is 0. The van der Waals surface area contributed by atoms with Gasteiger partial charge in [-0.1, -0.05) is 235 Å². The molecule has 0 spiro atoms. The summed E-state index contributed by atoms with van der Waals surface area (Å²) in [5, 5.41) is 0. The fourth-order valence-electron chi connectivity index (χ4n) is 7.40. The minimum Gasteiger partial charge on any atom is -0.462 e. The maximum Gasteiger partial charge on any atom is 0.306 e. The van der Waals surface area contributed by atoms with Gasteiger partial charge in [0.15, 0.2) is 6.10 Å². The molecule has 64 heavy (non-hydrogen) atoms. The minimum absolute atomic E-state index is 0.0997. The molecule has 6 heteroatoms. The zero-order chi connectivity index (χ0) is 46.5. The molecule has 0 aromatic carbocycles. The Morgan fingerprint density at radius 1 is 0.328 bits per heavy atom. The third-order valence-electron chi connectivity index (χ3n) is 11.4. The molecule has 6 nitrogen and oxygen atoms in total. The third-order valence-corrected chi connectivity index (χ3v) is 11.4. The summed E-state index contributed by atoms with van der Waals surface area (Å²) in [6, 6.07) is 0. The second kappa shape index (κ2) is 52.5. The van der Waals surface area contributed by atoms with Gasteiger partial charge in [-0.25, -0.2) is 0 Å². The molecule has 0 heterocycles. The Kier molecular flexibility index (Phi) is 49.9. The van der Waals surface area contributed by atoms with Crippen LogP contribution < -0.4 is 0 Å². The Labute approximate surface area is 395 Å². The lowest BCUT2D eigenvalue weighted by Crippen LogP contribution is -2.30. The number of rotatable bonds is 48. The van der Waals surface area contributed by atoms with Crippen LogP contribution in [0.1, 0.15) is 258 Å². The van der Waals surface area contributed by atoms with Crippen LogP contribution >= 0.6 is 0 Å². The number of unbranched alkanes of at least 4 members (excludes halogenated alkanes) is 25. The van der Waals surface area contributed by atoms with Crippen molar-refractivity contribution < 1.29 is 28.6 Å². The van der Waals surface area contributed by atoms with Crippen LogP contribution in [0.5, 0.6) is 0 Å². The lowest BCUT2D eigenvalue weighted by molar-refractivity contribution is -0.167. The van der Waals surface area contributed by atoms with E-state index in [0.717, 1.165) is 96.3 Å². The number of carbonyl (C=O) groups excluding carboxylic acids is 3. The Morgan fingerprint density at radius 2 is 0.641 bits per heavy atom. The van der Waals surface area contributed by atoms with Crippen LogP contribution in [0.4, 0.5) is 0 Å². The van der Waals surface area contributed by atoms with E-state index in [0.29, 0.717) is 19.3 Å². The fraction of sp³-hybridized carbons (Fsp3) is 0.741. The van der Waals surface area contributed by atoms with Crippen molar-refractivity contribution in [2.45, 2.75) is 264 Å². The molecule has 0 aromatic heterocycles. The van der Waals surface area contributed by atoms with Crippen LogP contribution in [-0.4, -0.2) is 37.2 Å². The summed E-state index contributed by atoms with van der Waals surface area (Å²) < 4.78 is 16.7. The van der Waals surface area contributed by atoms with Crippen LogP contribution in [0.15, 0.2) is 72.9 Å². The maximum absolute atomic E-state index is 12.8. The number of esters is 3. The standard InChI is InChI=1S/C58H100O6/c1-4-7-10-13-16-19-22-24-26-28-29-31-32-34-36-39-42-45-48-51-57(60)63-54-55(53-62-56(59)50-47-44-41-38-21-18-15-12-9-6-3)64-58(61)52-49-46-43-40-37-35-33-30-27-25-23-20-17-14-11-8-5-2/h8,11,15,17-18,20,25,27,33,35,40,43,55H,4-7,9-10,12-14,16,19,21-24,26,28-32,34,36-39,41-42,44-54H2,1-3H3/b11-8-,18-15-,20-17-,27-25-,35-33-,43-40-. The van der Waals surface area contributed by atoms with Crippen molar-refractivity contribution in [3.63, 3.8) is 0 Å². The van der Waals surface area contributed by atoms with Gasteiger partial charge in [0, 0.05) is 19.3 Å². The van der Waals surface area contributed by atoms with Crippen molar-refractivity contribution in [2.24, 2.45) is 0 Å². The summed E-state index contributed by atoms with van der Waals surface area (Å²) >= 11 is 0. The second-order valence-electron chi connectivity index (χ2n) is 17.8. The van der Waals surface area contributed by atoms with Crippen LogP contribution in [0.2, 0.25) is 0 Å². The molecule has 0 radical (unpaired) electrons. The van der Waals surface area contributed by atoms with Gasteiger partial charge in [0.05, 0.1) is 0 Å². The smallest absolute Gasteiger partial charge is 0.306 e. The van der Waals surface area contributed by atoms with E-state index in [1.54, 1.807) is 0 Å². The predicted molar refractivity (Wildman–Crippen MR) is 274 cm³/mol. The highest BCUT2D eigenvalue weighted by molar-refractivity contribution is 5.71. The van der Waals surface area contributed by atoms with Gasteiger partial charge < -0.3 is 14.2 Å². The van der Waals surface area contributed by atoms with Gasteiger partial charge in [0.1, 0.15) is 13.2 Å². The molecule has 368 valence electrons. The van der Waals surface area contributed by atoms with Gasteiger partial charge in [-0.2, -0.15) is 0 Å². The van der Waals surface area contributed by atoms with E-state index in [9.17, 15) is 14.4 Å². The Bertz CT molecular complexity index is 1210. The number of hydrogen-bond acceptors (Lipinski definition) is 6. The lowest BCUT2D eigenvalue weighted by atomic mass is 10.0. The summed E-state index contributed by atoms with van der Waals surface area (Å²) in [4.78, 5) is 37.9. The van der Waals surface area contributed by atoms with Crippen molar-refractivity contribution in [3.8, 4) is 0 Å². The molecule has 0 aromatic rings. The molecule has 0 bridgehead atoms. The van der Waals surface area contributed by atoms with Crippen LogP contribution in [0, 0.1) is 0 Å². The summed E-state index contributed by atoms with van der Waals surface area (Å²) in [5.41, 5.74) is 0. The first kappa shape index (κ1) is 60.9. The van der Waals surface area contributed by atoms with E-state index in [2.05, 4.69) is 93.7 Å². The van der Waals surface area contributed by atoms with Gasteiger partial charge in [-0.05, 0) is 77.0 Å². The molecule has 0 aliphatic heterocycles. The van der Waals surface area contributed by atoms with Crippen LogP contribution in [-0.2, 0) is 28.6 Å². The zero-order valence-corrected chi connectivity index (χ0v) is 42.0. The zero-order valence-electron chi connectivity index (χ0n) is 42.0. The lowest BCUT2D eigenvalue weighted by Gasteiger charge is -2.18. The normalized spacial score (nSPS) is 12.6. The highest BCUT2D eigenvalue weighted by Gasteiger charge is 2.19. The summed E-state index contributed by atoms with van der Waals surface area (Å²) in [6.07, 6.45) is 66.2. The average molecular weight is 893 g/mol. The third kappa shape index (κ3) is 49.9. The Hall–Kier alpha value is -3.15. The highest BCUT2D eigenvalue weighted by Crippen LogP contribution is 2.16. The van der Waals surface area contributed by atoms with Crippen LogP contribution in [0.25, 0.3) is 0 Å². The second-order valence-corrected chi connectivity index (χ2v) is 17.8. The van der Waals surface area contributed by atoms with Crippen molar-refractivity contribution >= 4 is 17.9 Å². The van der Waals surface area contributed by atoms with E-state index < -0.39 is 6.10 Å². The minimum atomic E-state index is -0.807. The molecular formula is C58H100O6. The van der Waals surface area contributed by atoms with E-state index >= 15 is 0 Å². The summed E-state index contributed by atoms with van der Waals surface area (Å²) in [5.74, 6) is -0.968. The molecule has 0 saturated heterocycles. The fourth-order valence-corrected chi connectivity index (χ4v) is 7.40. The van der Waals surface area contributed by atoms with Gasteiger partial charge in [-0.3, -0.25) is 14.4 Å². The molecular weight excluding hydrogens is 793 g/mol. The van der Waals surface area contributed by atoms with E-state index in [-0.39, 0.29) is 37.5 Å². The molecule has 0 aliphatic rings. The average Bonchev–Trinajstić information content (AvgIpc) is 3.29. The first-order chi connectivity index (χ1) is 31.5. The SMILES string of the molecule is CC/C=C\C/C=C\C/C=C\C/C=C\C/C=C\CCCC(=O)OC(COC(=O)CCCCCC/C=C\CCCC)COC(=O)CCCCCCCCCCCCCCCCCCCCC. The molecule has 0 aliphatic carbocycles. The quantitative estimate of drug-likeness (QED) is 0.0262. The molecule has 0 amide bonds. The van der Waals surface area contributed by atoms with Gasteiger partial charge in [0.2, 0.25) is 0 Å². The van der Waals surface area contributed by atoms with E-state index in [1.807, 2.05) is 0 Å². The van der Waals surface area contributed by atoms with Crippen LogP contribution in [0.3, 0.4) is 0 Å². The van der Waals surface area contributed by atoms with Gasteiger partial charge in [-0.15, -0.1) is 0 Å². The first-order valence-electron chi connectivity index (χ1n) is 26.9.